The maximum absolute atomic E-state index is 10.9. The van der Waals surface area contributed by atoms with E-state index in [2.05, 4.69) is 24.1 Å². The van der Waals surface area contributed by atoms with Gasteiger partial charge in [0.15, 0.2) is 0 Å². The second-order valence-electron chi connectivity index (χ2n) is 4.90. The first-order valence-corrected chi connectivity index (χ1v) is 5.26. The van der Waals surface area contributed by atoms with Crippen molar-refractivity contribution in [2.45, 2.75) is 19.4 Å². The van der Waals surface area contributed by atoms with Crippen LogP contribution in [0.2, 0.25) is 0 Å². The van der Waals surface area contributed by atoms with Crippen LogP contribution in [0.4, 0.5) is 11.4 Å². The number of nitrogens with zero attached hydrogens (tertiary/aromatic N) is 1. The highest BCUT2D eigenvalue weighted by Crippen LogP contribution is 2.34. The van der Waals surface area contributed by atoms with Gasteiger partial charge in [-0.15, -0.1) is 0 Å². The molecule has 0 amide bonds. The van der Waals surface area contributed by atoms with Crippen LogP contribution in [0, 0.1) is 0 Å². The number of carboxylic acids is 1. The molecule has 1 aliphatic rings. The molecule has 0 bridgehead atoms. The molecule has 2 rings (SSSR count). The van der Waals surface area contributed by atoms with Crippen LogP contribution in [0.15, 0.2) is 18.2 Å². The Hall–Kier alpha value is -1.71. The summed E-state index contributed by atoms with van der Waals surface area (Å²) in [6.45, 7) is 5.09. The predicted octanol–water partition coefficient (Wildman–Crippen LogP) is 2.03. The van der Waals surface area contributed by atoms with Crippen molar-refractivity contribution in [3.8, 4) is 0 Å². The van der Waals surface area contributed by atoms with Gasteiger partial charge in [-0.05, 0) is 32.0 Å². The fraction of sp³-hybridized carbons (Fsp3) is 0.417. The van der Waals surface area contributed by atoms with E-state index in [1.807, 2.05) is 13.1 Å². The van der Waals surface area contributed by atoms with Crippen LogP contribution in [0.1, 0.15) is 24.2 Å². The summed E-state index contributed by atoms with van der Waals surface area (Å²) in [6, 6.07) is 5.17. The maximum Gasteiger partial charge on any atom is 0.335 e. The molecule has 0 atom stereocenters. The van der Waals surface area contributed by atoms with Crippen molar-refractivity contribution in [2.75, 3.05) is 23.8 Å². The molecule has 1 aromatic rings. The van der Waals surface area contributed by atoms with Crippen LogP contribution >= 0.6 is 0 Å². The second kappa shape index (κ2) is 3.40. The molecule has 16 heavy (non-hydrogen) atoms. The number of hydrogen-bond acceptors (Lipinski definition) is 3. The summed E-state index contributed by atoms with van der Waals surface area (Å²) in [7, 11) is 2.02. The average Bonchev–Trinajstić information content (AvgIpc) is 2.14. The fourth-order valence-electron chi connectivity index (χ4n) is 2.18. The van der Waals surface area contributed by atoms with E-state index in [0.29, 0.717) is 5.56 Å². The summed E-state index contributed by atoms with van der Waals surface area (Å²) in [5, 5.41) is 12.3. The Bertz CT molecular complexity index is 441. The Morgan fingerprint density at radius 3 is 2.81 bits per heavy atom. The normalized spacial score (nSPS) is 17.6. The number of anilines is 2. The lowest BCUT2D eigenvalue weighted by Crippen LogP contribution is -2.46. The highest BCUT2D eigenvalue weighted by atomic mass is 16.4. The highest BCUT2D eigenvalue weighted by Gasteiger charge is 2.27. The van der Waals surface area contributed by atoms with Gasteiger partial charge in [-0.3, -0.25) is 0 Å². The molecule has 0 saturated carbocycles. The Balaban J connectivity index is 2.46. The number of aromatic carboxylic acids is 1. The number of hydrogen-bond donors (Lipinski definition) is 2. The minimum Gasteiger partial charge on any atom is -0.478 e. The van der Waals surface area contributed by atoms with E-state index in [0.717, 1.165) is 17.9 Å². The maximum atomic E-state index is 10.9. The van der Waals surface area contributed by atoms with Gasteiger partial charge in [0.2, 0.25) is 0 Å². The van der Waals surface area contributed by atoms with Gasteiger partial charge in [-0.1, -0.05) is 0 Å². The van der Waals surface area contributed by atoms with Gasteiger partial charge in [0.1, 0.15) is 0 Å². The van der Waals surface area contributed by atoms with E-state index in [1.54, 1.807) is 12.1 Å². The lowest BCUT2D eigenvalue weighted by atomic mass is 9.99. The zero-order valence-electron chi connectivity index (χ0n) is 9.74. The molecule has 0 fully saturated rings. The first-order valence-electron chi connectivity index (χ1n) is 5.26. The zero-order valence-corrected chi connectivity index (χ0v) is 9.74. The molecule has 1 aromatic carbocycles. The van der Waals surface area contributed by atoms with E-state index >= 15 is 0 Å². The Morgan fingerprint density at radius 2 is 2.19 bits per heavy atom. The number of likely N-dealkylation sites (N-methyl/N-ethyl adjacent to an activating group) is 1. The monoisotopic (exact) mass is 220 g/mol. The minimum atomic E-state index is -0.893. The third-order valence-corrected chi connectivity index (χ3v) is 2.76. The van der Waals surface area contributed by atoms with Crippen LogP contribution < -0.4 is 10.2 Å². The molecule has 2 N–H and O–H groups in total. The molecule has 86 valence electrons. The Morgan fingerprint density at radius 1 is 1.50 bits per heavy atom. The molecule has 4 heteroatoms. The van der Waals surface area contributed by atoms with Crippen LogP contribution in [0.3, 0.4) is 0 Å². The van der Waals surface area contributed by atoms with Crippen molar-refractivity contribution in [1.29, 1.82) is 0 Å². The van der Waals surface area contributed by atoms with Crippen LogP contribution in [-0.4, -0.2) is 30.2 Å². The minimum absolute atomic E-state index is 0.0428. The van der Waals surface area contributed by atoms with Gasteiger partial charge in [0, 0.05) is 19.1 Å². The first kappa shape index (κ1) is 10.8. The van der Waals surface area contributed by atoms with Crippen molar-refractivity contribution in [3.05, 3.63) is 23.8 Å². The van der Waals surface area contributed by atoms with Crippen LogP contribution in [0.25, 0.3) is 0 Å². The zero-order chi connectivity index (χ0) is 11.9. The van der Waals surface area contributed by atoms with Crippen molar-refractivity contribution in [2.24, 2.45) is 0 Å². The summed E-state index contributed by atoms with van der Waals surface area (Å²) < 4.78 is 0. The molecule has 0 unspecified atom stereocenters. The van der Waals surface area contributed by atoms with E-state index in [-0.39, 0.29) is 5.54 Å². The number of fused-ring (bicyclic) bond motifs is 1. The van der Waals surface area contributed by atoms with Crippen molar-refractivity contribution in [3.63, 3.8) is 0 Å². The SMILES string of the molecule is CN1CC(C)(C)Nc2cc(C(=O)O)ccc21. The van der Waals surface area contributed by atoms with E-state index in [1.165, 1.54) is 0 Å². The number of carboxylic acid groups (broad SMARTS) is 1. The molecule has 0 radical (unpaired) electrons. The number of carbonyl (C=O) groups is 1. The average molecular weight is 220 g/mol. The fourth-order valence-corrected chi connectivity index (χ4v) is 2.18. The molecule has 1 heterocycles. The molecule has 0 aliphatic carbocycles. The van der Waals surface area contributed by atoms with Gasteiger partial charge in [-0.25, -0.2) is 4.79 Å². The predicted molar refractivity (Wildman–Crippen MR) is 64.4 cm³/mol. The second-order valence-corrected chi connectivity index (χ2v) is 4.90. The summed E-state index contributed by atoms with van der Waals surface area (Å²) in [5.41, 5.74) is 2.21. The quantitative estimate of drug-likeness (QED) is 0.760. The molecular weight excluding hydrogens is 204 g/mol. The van der Waals surface area contributed by atoms with Gasteiger partial charge < -0.3 is 15.3 Å². The van der Waals surface area contributed by atoms with Gasteiger partial charge in [-0.2, -0.15) is 0 Å². The van der Waals surface area contributed by atoms with E-state index in [9.17, 15) is 4.79 Å². The highest BCUT2D eigenvalue weighted by molar-refractivity contribution is 5.91. The smallest absolute Gasteiger partial charge is 0.335 e. The van der Waals surface area contributed by atoms with Crippen LogP contribution in [0.5, 0.6) is 0 Å². The molecule has 1 aliphatic heterocycles. The first-order chi connectivity index (χ1) is 7.39. The Kier molecular flexibility index (Phi) is 2.30. The summed E-state index contributed by atoms with van der Waals surface area (Å²) in [6.07, 6.45) is 0. The Labute approximate surface area is 94.9 Å². The summed E-state index contributed by atoms with van der Waals surface area (Å²) in [4.78, 5) is 13.0. The molecular formula is C12H16N2O2. The lowest BCUT2D eigenvalue weighted by molar-refractivity contribution is 0.0697. The van der Waals surface area contributed by atoms with Crippen LogP contribution in [-0.2, 0) is 0 Å². The van der Waals surface area contributed by atoms with Crippen molar-refractivity contribution in [1.82, 2.24) is 0 Å². The molecule has 0 spiro atoms. The largest absolute Gasteiger partial charge is 0.478 e. The summed E-state index contributed by atoms with van der Waals surface area (Å²) >= 11 is 0. The van der Waals surface area contributed by atoms with Gasteiger partial charge in [0.25, 0.3) is 0 Å². The van der Waals surface area contributed by atoms with Crippen molar-refractivity contribution >= 4 is 17.3 Å². The standard InChI is InChI=1S/C12H16N2O2/c1-12(2)7-14(3)10-5-4-8(11(15)16)6-9(10)13-12/h4-6,13H,7H2,1-3H3,(H,15,16). The van der Waals surface area contributed by atoms with E-state index in [4.69, 9.17) is 5.11 Å². The third-order valence-electron chi connectivity index (χ3n) is 2.76. The lowest BCUT2D eigenvalue weighted by Gasteiger charge is -2.40. The molecule has 0 aromatic heterocycles. The third kappa shape index (κ3) is 1.83. The topological polar surface area (TPSA) is 52.6 Å². The molecule has 4 nitrogen and oxygen atoms in total. The number of rotatable bonds is 1. The number of nitrogens with one attached hydrogen (secondary N) is 1. The van der Waals surface area contributed by atoms with Gasteiger partial charge in [0.05, 0.1) is 16.9 Å². The summed E-state index contributed by atoms with van der Waals surface area (Å²) in [5.74, 6) is -0.893. The van der Waals surface area contributed by atoms with E-state index < -0.39 is 5.97 Å². The number of benzene rings is 1. The van der Waals surface area contributed by atoms with Gasteiger partial charge >= 0.3 is 5.97 Å². The van der Waals surface area contributed by atoms with Crippen molar-refractivity contribution < 1.29 is 9.90 Å². The molecule has 0 saturated heterocycles.